The molecule has 0 aliphatic heterocycles. The van der Waals surface area contributed by atoms with Gasteiger partial charge in [0.25, 0.3) is 5.56 Å². The Kier molecular flexibility index (Phi) is 6.10. The molecule has 0 atom stereocenters. The summed E-state index contributed by atoms with van der Waals surface area (Å²) in [6.45, 7) is 4.26. The Hall–Kier alpha value is -2.06. The average molecular weight is 432 g/mol. The van der Waals surface area contributed by atoms with Gasteiger partial charge in [0.1, 0.15) is 10.6 Å². The van der Waals surface area contributed by atoms with E-state index >= 15 is 0 Å². The number of fused-ring (bicyclic) bond motifs is 1. The molecular weight excluding hydrogens is 406 g/mol. The van der Waals surface area contributed by atoms with Crippen molar-refractivity contribution in [2.24, 2.45) is 0 Å². The third-order valence-corrected chi connectivity index (χ3v) is 7.53. The molecule has 6 nitrogen and oxygen atoms in total. The molecule has 3 heterocycles. The summed E-state index contributed by atoms with van der Waals surface area (Å²) in [5, 5.41) is 4.34. The van der Waals surface area contributed by atoms with Crippen LogP contribution in [0.4, 0.5) is 0 Å². The van der Waals surface area contributed by atoms with Gasteiger partial charge >= 0.3 is 0 Å². The van der Waals surface area contributed by atoms with Gasteiger partial charge in [-0.25, -0.2) is 4.98 Å². The minimum absolute atomic E-state index is 0.000616. The van der Waals surface area contributed by atoms with Crippen molar-refractivity contribution in [1.29, 1.82) is 0 Å². The lowest BCUT2D eigenvalue weighted by Gasteiger charge is -2.22. The molecule has 1 aliphatic carbocycles. The molecule has 0 bridgehead atoms. The third kappa shape index (κ3) is 4.43. The summed E-state index contributed by atoms with van der Waals surface area (Å²) >= 11 is 2.84. The van der Waals surface area contributed by atoms with Crippen LogP contribution in [-0.4, -0.2) is 27.3 Å². The van der Waals surface area contributed by atoms with Gasteiger partial charge in [-0.2, -0.15) is 0 Å². The predicted octanol–water partition coefficient (Wildman–Crippen LogP) is 4.26. The molecule has 1 amide bonds. The molecule has 0 spiro atoms. The lowest BCUT2D eigenvalue weighted by molar-refractivity contribution is -0.119. The fraction of sp³-hybridized carbons (Fsp3) is 0.476. The molecule has 1 fully saturated rings. The topological polar surface area (TPSA) is 77.1 Å². The number of carbonyl (C=O) groups excluding carboxylic acids is 1. The lowest BCUT2D eigenvalue weighted by Crippen LogP contribution is -2.37. The highest BCUT2D eigenvalue weighted by Gasteiger charge is 2.20. The number of amides is 1. The Balaban J connectivity index is 1.59. The zero-order valence-electron chi connectivity index (χ0n) is 16.7. The molecule has 0 aromatic carbocycles. The third-order valence-electron chi connectivity index (χ3n) is 5.45. The van der Waals surface area contributed by atoms with Crippen LogP contribution in [0.5, 0.6) is 0 Å². The molecule has 29 heavy (non-hydrogen) atoms. The second kappa shape index (κ2) is 8.75. The van der Waals surface area contributed by atoms with E-state index in [0.717, 1.165) is 28.1 Å². The molecule has 0 radical (unpaired) electrons. The standard InChI is InChI=1S/C21H25N3O3S2/c1-13-14(2)29-19-18(13)20(26)24(11-16-9-6-10-27-16)21(23-19)28-12-17(25)22-15-7-4-3-5-8-15/h6,9-10,15H,3-5,7-8,11-12H2,1-2H3,(H,22,25). The summed E-state index contributed by atoms with van der Waals surface area (Å²) in [5.41, 5.74) is 0.894. The van der Waals surface area contributed by atoms with E-state index in [4.69, 9.17) is 9.40 Å². The number of aryl methyl sites for hydroxylation is 2. The van der Waals surface area contributed by atoms with Crippen molar-refractivity contribution in [3.63, 3.8) is 0 Å². The van der Waals surface area contributed by atoms with Crippen LogP contribution in [0.25, 0.3) is 10.2 Å². The summed E-state index contributed by atoms with van der Waals surface area (Å²) in [4.78, 5) is 32.3. The Morgan fingerprint density at radius 3 is 2.86 bits per heavy atom. The minimum atomic E-state index is -0.0801. The molecule has 4 rings (SSSR count). The van der Waals surface area contributed by atoms with Crippen molar-refractivity contribution in [2.45, 2.75) is 63.7 Å². The van der Waals surface area contributed by atoms with E-state index in [-0.39, 0.29) is 23.3 Å². The average Bonchev–Trinajstić information content (AvgIpc) is 3.32. The number of furan rings is 1. The first kappa shape index (κ1) is 20.2. The van der Waals surface area contributed by atoms with Gasteiger partial charge in [0, 0.05) is 10.9 Å². The fourth-order valence-corrected chi connectivity index (χ4v) is 5.64. The summed E-state index contributed by atoms with van der Waals surface area (Å²) < 4.78 is 7.07. The molecule has 1 aliphatic rings. The van der Waals surface area contributed by atoms with Gasteiger partial charge in [0.15, 0.2) is 5.16 Å². The van der Waals surface area contributed by atoms with Crippen molar-refractivity contribution in [1.82, 2.24) is 14.9 Å². The van der Waals surface area contributed by atoms with Crippen LogP contribution in [0.2, 0.25) is 0 Å². The number of thioether (sulfide) groups is 1. The van der Waals surface area contributed by atoms with E-state index in [1.165, 1.54) is 42.4 Å². The maximum atomic E-state index is 13.2. The Morgan fingerprint density at radius 2 is 2.14 bits per heavy atom. The van der Waals surface area contributed by atoms with Crippen LogP contribution in [0.15, 0.2) is 32.8 Å². The first-order valence-electron chi connectivity index (χ1n) is 9.98. The maximum Gasteiger partial charge on any atom is 0.263 e. The van der Waals surface area contributed by atoms with Gasteiger partial charge in [0.2, 0.25) is 5.91 Å². The second-order valence-corrected chi connectivity index (χ2v) is 9.67. The number of hydrogen-bond acceptors (Lipinski definition) is 6. The van der Waals surface area contributed by atoms with E-state index in [2.05, 4.69) is 5.32 Å². The number of nitrogens with zero attached hydrogens (tertiary/aromatic N) is 2. The smallest absolute Gasteiger partial charge is 0.263 e. The van der Waals surface area contributed by atoms with Crippen molar-refractivity contribution < 1.29 is 9.21 Å². The minimum Gasteiger partial charge on any atom is -0.467 e. The number of carbonyl (C=O) groups is 1. The Bertz CT molecular complexity index is 1060. The zero-order valence-corrected chi connectivity index (χ0v) is 18.3. The van der Waals surface area contributed by atoms with Gasteiger partial charge in [0.05, 0.1) is 23.9 Å². The number of nitrogens with one attached hydrogen (secondary N) is 1. The number of hydrogen-bond donors (Lipinski definition) is 1. The molecule has 3 aromatic heterocycles. The van der Waals surface area contributed by atoms with Gasteiger partial charge in [-0.15, -0.1) is 11.3 Å². The number of aromatic nitrogens is 2. The van der Waals surface area contributed by atoms with Crippen molar-refractivity contribution in [2.75, 3.05) is 5.75 Å². The van der Waals surface area contributed by atoms with E-state index in [1.807, 2.05) is 19.9 Å². The molecule has 0 saturated heterocycles. The van der Waals surface area contributed by atoms with Crippen molar-refractivity contribution >= 4 is 39.2 Å². The van der Waals surface area contributed by atoms with Crippen molar-refractivity contribution in [3.05, 3.63) is 45.0 Å². The van der Waals surface area contributed by atoms with E-state index in [9.17, 15) is 9.59 Å². The second-order valence-electron chi connectivity index (χ2n) is 7.52. The molecular formula is C21H25N3O3S2. The van der Waals surface area contributed by atoms with Crippen LogP contribution < -0.4 is 10.9 Å². The SMILES string of the molecule is Cc1sc2nc(SCC(=O)NC3CCCCC3)n(Cc3ccco3)c(=O)c2c1C. The summed E-state index contributed by atoms with van der Waals surface area (Å²) in [6, 6.07) is 3.92. The molecule has 154 valence electrons. The Labute approximate surface area is 177 Å². The predicted molar refractivity (Wildman–Crippen MR) is 117 cm³/mol. The number of thiophene rings is 1. The number of rotatable bonds is 6. The van der Waals surface area contributed by atoms with Gasteiger partial charge in [-0.1, -0.05) is 31.0 Å². The van der Waals surface area contributed by atoms with Crippen LogP contribution in [0.3, 0.4) is 0 Å². The maximum absolute atomic E-state index is 13.2. The molecule has 0 unspecified atom stereocenters. The quantitative estimate of drug-likeness (QED) is 0.466. The van der Waals surface area contributed by atoms with Crippen LogP contribution in [0, 0.1) is 13.8 Å². The highest BCUT2D eigenvalue weighted by Crippen LogP contribution is 2.28. The zero-order chi connectivity index (χ0) is 20.4. The summed E-state index contributed by atoms with van der Waals surface area (Å²) in [7, 11) is 0. The van der Waals surface area contributed by atoms with Crippen LogP contribution in [0.1, 0.15) is 48.3 Å². The van der Waals surface area contributed by atoms with Gasteiger partial charge in [-0.05, 0) is 44.4 Å². The fourth-order valence-electron chi connectivity index (χ4n) is 3.76. The van der Waals surface area contributed by atoms with Crippen LogP contribution >= 0.6 is 23.1 Å². The normalized spacial score (nSPS) is 15.1. The largest absolute Gasteiger partial charge is 0.467 e. The highest BCUT2D eigenvalue weighted by atomic mass is 32.2. The monoisotopic (exact) mass is 431 g/mol. The summed E-state index contributed by atoms with van der Waals surface area (Å²) in [6.07, 6.45) is 7.31. The molecule has 3 aromatic rings. The molecule has 1 N–H and O–H groups in total. The Morgan fingerprint density at radius 1 is 1.34 bits per heavy atom. The first-order chi connectivity index (χ1) is 14.0. The van der Waals surface area contributed by atoms with Crippen molar-refractivity contribution in [3.8, 4) is 0 Å². The molecule has 8 heteroatoms. The van der Waals surface area contributed by atoms with E-state index in [1.54, 1.807) is 16.9 Å². The van der Waals surface area contributed by atoms with Gasteiger partial charge < -0.3 is 9.73 Å². The highest BCUT2D eigenvalue weighted by molar-refractivity contribution is 7.99. The lowest BCUT2D eigenvalue weighted by atomic mass is 9.95. The first-order valence-corrected chi connectivity index (χ1v) is 11.8. The molecule has 1 saturated carbocycles. The van der Waals surface area contributed by atoms with E-state index < -0.39 is 0 Å². The van der Waals surface area contributed by atoms with E-state index in [0.29, 0.717) is 22.8 Å². The van der Waals surface area contributed by atoms with Crippen LogP contribution in [-0.2, 0) is 11.3 Å². The summed E-state index contributed by atoms with van der Waals surface area (Å²) in [5.74, 6) is 0.932. The van der Waals surface area contributed by atoms with Gasteiger partial charge in [-0.3, -0.25) is 14.2 Å².